The lowest BCUT2D eigenvalue weighted by Gasteiger charge is -2.36. The minimum absolute atomic E-state index is 0.626. The Hall–Kier alpha value is -0.380. The van der Waals surface area contributed by atoms with Crippen LogP contribution in [-0.2, 0) is 4.74 Å². The summed E-state index contributed by atoms with van der Waals surface area (Å²) < 4.78 is 6.85. The van der Waals surface area contributed by atoms with Gasteiger partial charge >= 0.3 is 0 Å². The number of nitrogens with one attached hydrogen (secondary N) is 1. The van der Waals surface area contributed by atoms with Gasteiger partial charge in [0.05, 0.1) is 0 Å². The molecule has 1 N–H and O–H groups in total. The molecular formula is C15H20BrNO. The van der Waals surface area contributed by atoms with Gasteiger partial charge in [-0.1, -0.05) is 34.1 Å². The van der Waals surface area contributed by atoms with Gasteiger partial charge in [0.1, 0.15) is 0 Å². The second-order valence-electron chi connectivity index (χ2n) is 5.41. The second-order valence-corrected chi connectivity index (χ2v) is 6.26. The van der Waals surface area contributed by atoms with Crippen LogP contribution < -0.4 is 5.32 Å². The molecule has 98 valence electrons. The summed E-state index contributed by atoms with van der Waals surface area (Å²) in [6, 6.07) is 8.67. The minimum Gasteiger partial charge on any atom is -0.381 e. The van der Waals surface area contributed by atoms with Crippen molar-refractivity contribution < 1.29 is 4.74 Å². The molecule has 2 nitrogen and oxygen atoms in total. The Morgan fingerprint density at radius 1 is 1.22 bits per heavy atom. The average Bonchev–Trinajstić information content (AvgIpc) is 2.93. The standard InChI is InChI=1S/C15H20BrNO/c16-15-4-2-1-3-13(15)14-9-17-7-5-12(14)11-6-8-18-10-11/h1-4,11-12,14,17H,5-10H2. The number of ether oxygens (including phenoxy) is 1. The smallest absolute Gasteiger partial charge is 0.0498 e. The van der Waals surface area contributed by atoms with E-state index in [1.165, 1.54) is 22.9 Å². The third-order valence-corrected chi connectivity index (χ3v) is 5.13. The first-order valence-electron chi connectivity index (χ1n) is 6.89. The fraction of sp³-hybridized carbons (Fsp3) is 0.600. The van der Waals surface area contributed by atoms with E-state index >= 15 is 0 Å². The molecule has 2 aliphatic heterocycles. The number of rotatable bonds is 2. The lowest BCUT2D eigenvalue weighted by molar-refractivity contribution is 0.153. The zero-order valence-electron chi connectivity index (χ0n) is 10.6. The molecule has 3 rings (SSSR count). The van der Waals surface area contributed by atoms with E-state index in [0.29, 0.717) is 5.92 Å². The molecule has 2 aliphatic rings. The summed E-state index contributed by atoms with van der Waals surface area (Å²) in [7, 11) is 0. The lowest BCUT2D eigenvalue weighted by atomic mass is 9.74. The molecule has 0 spiro atoms. The number of hydrogen-bond donors (Lipinski definition) is 1. The van der Waals surface area contributed by atoms with Gasteiger partial charge in [-0.2, -0.15) is 0 Å². The van der Waals surface area contributed by atoms with Crippen LogP contribution in [0.4, 0.5) is 0 Å². The van der Waals surface area contributed by atoms with Crippen molar-refractivity contribution in [3.05, 3.63) is 34.3 Å². The first-order valence-corrected chi connectivity index (χ1v) is 7.68. The third-order valence-electron chi connectivity index (χ3n) is 4.41. The summed E-state index contributed by atoms with van der Waals surface area (Å²) in [6.45, 7) is 4.18. The third kappa shape index (κ3) is 2.49. The maximum absolute atomic E-state index is 5.59. The quantitative estimate of drug-likeness (QED) is 0.906. The van der Waals surface area contributed by atoms with Crippen LogP contribution in [0.2, 0.25) is 0 Å². The van der Waals surface area contributed by atoms with Gasteiger partial charge in [-0.3, -0.25) is 0 Å². The van der Waals surface area contributed by atoms with Gasteiger partial charge in [-0.25, -0.2) is 0 Å². The van der Waals surface area contributed by atoms with Gasteiger partial charge in [0, 0.05) is 30.1 Å². The summed E-state index contributed by atoms with van der Waals surface area (Å²) in [6.07, 6.45) is 2.52. The number of halogens is 1. The second kappa shape index (κ2) is 5.72. The maximum atomic E-state index is 5.59. The largest absolute Gasteiger partial charge is 0.381 e. The van der Waals surface area contributed by atoms with E-state index in [4.69, 9.17) is 4.74 Å². The molecule has 0 amide bonds. The number of piperidine rings is 1. The van der Waals surface area contributed by atoms with Crippen LogP contribution in [0.25, 0.3) is 0 Å². The molecule has 18 heavy (non-hydrogen) atoms. The molecule has 3 heteroatoms. The van der Waals surface area contributed by atoms with Crippen molar-refractivity contribution in [2.75, 3.05) is 26.3 Å². The van der Waals surface area contributed by atoms with Crippen LogP contribution in [0.5, 0.6) is 0 Å². The summed E-state index contributed by atoms with van der Waals surface area (Å²) in [5, 5.41) is 3.55. The van der Waals surface area contributed by atoms with Gasteiger partial charge in [0.15, 0.2) is 0 Å². The molecule has 0 aliphatic carbocycles. The van der Waals surface area contributed by atoms with Crippen molar-refractivity contribution in [2.24, 2.45) is 11.8 Å². The zero-order chi connectivity index (χ0) is 12.4. The Kier molecular flexibility index (Phi) is 4.02. The van der Waals surface area contributed by atoms with Crippen LogP contribution in [0.15, 0.2) is 28.7 Å². The number of benzene rings is 1. The summed E-state index contributed by atoms with van der Waals surface area (Å²) in [5.41, 5.74) is 1.46. The monoisotopic (exact) mass is 309 g/mol. The molecule has 1 aromatic carbocycles. The van der Waals surface area contributed by atoms with Gasteiger partial charge in [0.25, 0.3) is 0 Å². The molecule has 3 atom stereocenters. The zero-order valence-corrected chi connectivity index (χ0v) is 12.2. The Bertz CT molecular complexity index is 403. The average molecular weight is 310 g/mol. The van der Waals surface area contributed by atoms with Gasteiger partial charge in [-0.05, 0) is 42.9 Å². The number of hydrogen-bond acceptors (Lipinski definition) is 2. The summed E-state index contributed by atoms with van der Waals surface area (Å²) >= 11 is 3.71. The van der Waals surface area contributed by atoms with E-state index in [9.17, 15) is 0 Å². The minimum atomic E-state index is 0.626. The van der Waals surface area contributed by atoms with Crippen molar-refractivity contribution >= 4 is 15.9 Å². The Morgan fingerprint density at radius 2 is 2.11 bits per heavy atom. The predicted molar refractivity (Wildman–Crippen MR) is 76.8 cm³/mol. The van der Waals surface area contributed by atoms with Crippen molar-refractivity contribution in [3.63, 3.8) is 0 Å². The normalized spacial score (nSPS) is 32.6. The van der Waals surface area contributed by atoms with Gasteiger partial charge in [0.2, 0.25) is 0 Å². The molecule has 2 heterocycles. The van der Waals surface area contributed by atoms with E-state index in [1.54, 1.807) is 0 Å². The predicted octanol–water partition coefficient (Wildman–Crippen LogP) is 3.18. The Labute approximate surface area is 117 Å². The van der Waals surface area contributed by atoms with E-state index in [0.717, 1.165) is 38.1 Å². The van der Waals surface area contributed by atoms with Crippen molar-refractivity contribution in [1.29, 1.82) is 0 Å². The topological polar surface area (TPSA) is 21.3 Å². The summed E-state index contributed by atoms with van der Waals surface area (Å²) in [5.74, 6) is 2.15. The van der Waals surface area contributed by atoms with E-state index in [2.05, 4.69) is 45.5 Å². The van der Waals surface area contributed by atoms with E-state index in [1.807, 2.05) is 0 Å². The molecule has 0 bridgehead atoms. The highest BCUT2D eigenvalue weighted by molar-refractivity contribution is 9.10. The molecule has 3 unspecified atom stereocenters. The first-order chi connectivity index (χ1) is 8.86. The molecule has 0 aromatic heterocycles. The SMILES string of the molecule is Brc1ccccc1C1CNCCC1C1CCOC1. The lowest BCUT2D eigenvalue weighted by Crippen LogP contribution is -2.38. The highest BCUT2D eigenvalue weighted by Gasteiger charge is 2.35. The van der Waals surface area contributed by atoms with Crippen LogP contribution in [0.1, 0.15) is 24.3 Å². The molecule has 0 radical (unpaired) electrons. The van der Waals surface area contributed by atoms with Crippen molar-refractivity contribution in [1.82, 2.24) is 5.32 Å². The highest BCUT2D eigenvalue weighted by atomic mass is 79.9. The molecule has 2 fully saturated rings. The van der Waals surface area contributed by atoms with Crippen molar-refractivity contribution in [3.8, 4) is 0 Å². The van der Waals surface area contributed by atoms with Crippen LogP contribution in [0, 0.1) is 11.8 Å². The molecular weight excluding hydrogens is 290 g/mol. The fourth-order valence-electron chi connectivity index (χ4n) is 3.45. The van der Waals surface area contributed by atoms with E-state index < -0.39 is 0 Å². The molecule has 1 aromatic rings. The van der Waals surface area contributed by atoms with Gasteiger partial charge < -0.3 is 10.1 Å². The maximum Gasteiger partial charge on any atom is 0.0498 e. The van der Waals surface area contributed by atoms with Crippen LogP contribution >= 0.6 is 15.9 Å². The first kappa shape index (κ1) is 12.6. The summed E-state index contributed by atoms with van der Waals surface area (Å²) in [4.78, 5) is 0. The molecule has 0 saturated carbocycles. The van der Waals surface area contributed by atoms with Crippen LogP contribution in [0.3, 0.4) is 0 Å². The highest BCUT2D eigenvalue weighted by Crippen LogP contribution is 2.40. The van der Waals surface area contributed by atoms with E-state index in [-0.39, 0.29) is 0 Å². The Balaban J connectivity index is 1.85. The van der Waals surface area contributed by atoms with Crippen molar-refractivity contribution in [2.45, 2.75) is 18.8 Å². The van der Waals surface area contributed by atoms with Crippen LogP contribution in [-0.4, -0.2) is 26.3 Å². The molecule has 2 saturated heterocycles. The fourth-order valence-corrected chi connectivity index (χ4v) is 4.03. The Morgan fingerprint density at radius 3 is 2.89 bits per heavy atom. The van der Waals surface area contributed by atoms with Gasteiger partial charge in [-0.15, -0.1) is 0 Å².